The summed E-state index contributed by atoms with van der Waals surface area (Å²) >= 11 is 2.11. The number of anilines is 1. The van der Waals surface area contributed by atoms with Crippen molar-refractivity contribution in [3.05, 3.63) is 12.7 Å². The van der Waals surface area contributed by atoms with Crippen LogP contribution in [0.2, 0.25) is 0 Å². The molecule has 1 aromatic rings. The number of nitrogens with one attached hydrogen (secondary N) is 1. The maximum absolute atomic E-state index is 11.1. The van der Waals surface area contributed by atoms with E-state index in [0.29, 0.717) is 4.34 Å². The summed E-state index contributed by atoms with van der Waals surface area (Å²) in [7, 11) is 0. The van der Waals surface area contributed by atoms with Gasteiger partial charge >= 0.3 is 12.1 Å². The summed E-state index contributed by atoms with van der Waals surface area (Å²) in [6.07, 6.45) is 0.782. The Bertz CT molecular complexity index is 421. The smallest absolute Gasteiger partial charge is 0.413 e. The molecule has 1 amide bonds. The Morgan fingerprint density at radius 3 is 3.00 bits per heavy atom. The van der Waals surface area contributed by atoms with E-state index in [4.69, 9.17) is 5.11 Å². The predicted octanol–water partition coefficient (Wildman–Crippen LogP) is 1.45. The van der Waals surface area contributed by atoms with Crippen LogP contribution in [0.15, 0.2) is 17.0 Å². The van der Waals surface area contributed by atoms with E-state index in [9.17, 15) is 9.59 Å². The van der Waals surface area contributed by atoms with E-state index >= 15 is 0 Å². The summed E-state index contributed by atoms with van der Waals surface area (Å²) in [5.74, 6) is -1.04. The van der Waals surface area contributed by atoms with Gasteiger partial charge in [-0.25, -0.2) is 4.79 Å². The van der Waals surface area contributed by atoms with E-state index < -0.39 is 12.1 Å². The third kappa shape index (κ3) is 5.31. The monoisotopic (exact) mass is 275 g/mol. The second-order valence-corrected chi connectivity index (χ2v) is 4.77. The predicted molar refractivity (Wildman–Crippen MR) is 63.4 cm³/mol. The van der Waals surface area contributed by atoms with Gasteiger partial charge in [0.05, 0.1) is 5.75 Å². The number of hydrogen-bond donors (Lipinski definition) is 2. The van der Waals surface area contributed by atoms with Gasteiger partial charge in [-0.2, -0.15) is 0 Å². The average Bonchev–Trinajstić information content (AvgIpc) is 2.71. The summed E-state index contributed by atoms with van der Waals surface area (Å²) in [6, 6.07) is 0. The zero-order valence-electron chi connectivity index (χ0n) is 8.58. The molecule has 0 radical (unpaired) electrons. The van der Waals surface area contributed by atoms with E-state index in [2.05, 4.69) is 26.8 Å². The topological polar surface area (TPSA) is 101 Å². The van der Waals surface area contributed by atoms with Crippen LogP contribution in [0.1, 0.15) is 0 Å². The van der Waals surface area contributed by atoms with E-state index in [0.717, 1.165) is 23.1 Å². The first-order valence-corrected chi connectivity index (χ1v) is 6.15. The van der Waals surface area contributed by atoms with Gasteiger partial charge in [-0.15, -0.1) is 10.2 Å². The molecule has 0 saturated heterocycles. The standard InChI is InChI=1S/C8H9N3O4S2/c1-2-3-15-7(14)9-6-10-11-8(17-6)16-4-5(12)13/h2H,1,3-4H2,(H,12,13)(H,9,10,14). The number of aliphatic carboxylic acids is 1. The molecular weight excluding hydrogens is 266 g/mol. The highest BCUT2D eigenvalue weighted by Crippen LogP contribution is 2.25. The largest absolute Gasteiger partial charge is 0.481 e. The minimum absolute atomic E-state index is 0.102. The second-order valence-electron chi connectivity index (χ2n) is 2.57. The third-order valence-electron chi connectivity index (χ3n) is 1.27. The van der Waals surface area contributed by atoms with Crippen LogP contribution in [0.25, 0.3) is 0 Å². The minimum atomic E-state index is -0.940. The molecule has 0 aliphatic carbocycles. The first-order chi connectivity index (χ1) is 8.11. The van der Waals surface area contributed by atoms with E-state index in [1.165, 1.54) is 6.08 Å². The fourth-order valence-electron chi connectivity index (χ4n) is 0.700. The van der Waals surface area contributed by atoms with Gasteiger partial charge in [-0.3, -0.25) is 10.1 Å². The zero-order valence-corrected chi connectivity index (χ0v) is 10.2. The van der Waals surface area contributed by atoms with E-state index in [1.54, 1.807) is 0 Å². The third-order valence-corrected chi connectivity index (χ3v) is 3.22. The molecule has 9 heteroatoms. The molecular formula is C8H9N3O4S2. The number of aromatic nitrogens is 2. The highest BCUT2D eigenvalue weighted by atomic mass is 32.2. The number of carbonyl (C=O) groups excluding carboxylic acids is 1. The van der Waals surface area contributed by atoms with Crippen LogP contribution in [0.4, 0.5) is 9.93 Å². The van der Waals surface area contributed by atoms with Gasteiger partial charge in [0.1, 0.15) is 6.61 Å². The number of rotatable bonds is 6. The molecule has 0 atom stereocenters. The van der Waals surface area contributed by atoms with Crippen LogP contribution in [0, 0.1) is 0 Å². The lowest BCUT2D eigenvalue weighted by Gasteiger charge is -1.99. The van der Waals surface area contributed by atoms with Crippen molar-refractivity contribution in [2.45, 2.75) is 4.34 Å². The maximum atomic E-state index is 11.1. The fraction of sp³-hybridized carbons (Fsp3) is 0.250. The number of ether oxygens (including phenoxy) is 1. The van der Waals surface area contributed by atoms with Gasteiger partial charge in [0.2, 0.25) is 5.13 Å². The lowest BCUT2D eigenvalue weighted by Crippen LogP contribution is -2.13. The quantitative estimate of drug-likeness (QED) is 0.460. The summed E-state index contributed by atoms with van der Waals surface area (Å²) in [5, 5.41) is 18.4. The molecule has 2 N–H and O–H groups in total. The van der Waals surface area contributed by atoms with Crippen molar-refractivity contribution in [1.29, 1.82) is 0 Å². The second kappa shape index (κ2) is 6.86. The maximum Gasteiger partial charge on any atom is 0.413 e. The number of hydrogen-bond acceptors (Lipinski definition) is 7. The van der Waals surface area contributed by atoms with Gasteiger partial charge in [0.25, 0.3) is 0 Å². The van der Waals surface area contributed by atoms with Crippen molar-refractivity contribution in [2.24, 2.45) is 0 Å². The van der Waals surface area contributed by atoms with Gasteiger partial charge in [0, 0.05) is 0 Å². The molecule has 0 saturated carbocycles. The highest BCUT2D eigenvalue weighted by Gasteiger charge is 2.09. The fourth-order valence-corrected chi connectivity index (χ4v) is 2.16. The zero-order chi connectivity index (χ0) is 12.7. The Labute approximate surface area is 105 Å². The minimum Gasteiger partial charge on any atom is -0.481 e. The molecule has 1 rings (SSSR count). The Balaban J connectivity index is 2.42. The molecule has 7 nitrogen and oxygen atoms in total. The number of amides is 1. The number of carboxylic acid groups (broad SMARTS) is 1. The van der Waals surface area contributed by atoms with Crippen LogP contribution in [0.3, 0.4) is 0 Å². The number of carbonyl (C=O) groups is 2. The molecule has 17 heavy (non-hydrogen) atoms. The molecule has 0 aliphatic rings. The van der Waals surface area contributed by atoms with Gasteiger partial charge in [-0.05, 0) is 0 Å². The first kappa shape index (κ1) is 13.5. The van der Waals surface area contributed by atoms with Crippen molar-refractivity contribution in [2.75, 3.05) is 17.7 Å². The van der Waals surface area contributed by atoms with Gasteiger partial charge in [0.15, 0.2) is 4.34 Å². The number of thioether (sulfide) groups is 1. The normalized spacial score (nSPS) is 9.65. The van der Waals surface area contributed by atoms with E-state index in [-0.39, 0.29) is 17.5 Å². The van der Waals surface area contributed by atoms with Gasteiger partial charge in [-0.1, -0.05) is 35.8 Å². The van der Waals surface area contributed by atoms with Crippen LogP contribution < -0.4 is 5.32 Å². The highest BCUT2D eigenvalue weighted by molar-refractivity contribution is 8.01. The Kier molecular flexibility index (Phi) is 5.43. The first-order valence-electron chi connectivity index (χ1n) is 4.34. The summed E-state index contributed by atoms with van der Waals surface area (Å²) in [4.78, 5) is 21.4. The van der Waals surface area contributed by atoms with Crippen molar-refractivity contribution < 1.29 is 19.4 Å². The summed E-state index contributed by atoms with van der Waals surface area (Å²) in [5.41, 5.74) is 0. The molecule has 0 fully saturated rings. The summed E-state index contributed by atoms with van der Waals surface area (Å²) < 4.78 is 5.14. The molecule has 1 aromatic heterocycles. The van der Waals surface area contributed by atoms with Crippen LogP contribution in [0.5, 0.6) is 0 Å². The SMILES string of the molecule is C=CCOC(=O)Nc1nnc(SCC(=O)O)s1. The Hall–Kier alpha value is -1.61. The van der Waals surface area contributed by atoms with Crippen LogP contribution >= 0.6 is 23.1 Å². The Morgan fingerprint density at radius 2 is 2.35 bits per heavy atom. The average molecular weight is 275 g/mol. The van der Waals surface area contributed by atoms with Crippen molar-refractivity contribution in [3.63, 3.8) is 0 Å². The van der Waals surface area contributed by atoms with Crippen molar-refractivity contribution in [3.8, 4) is 0 Å². The van der Waals surface area contributed by atoms with Gasteiger partial charge < -0.3 is 9.84 Å². The molecule has 0 bridgehead atoms. The lowest BCUT2D eigenvalue weighted by molar-refractivity contribution is -0.133. The van der Waals surface area contributed by atoms with Crippen molar-refractivity contribution in [1.82, 2.24) is 10.2 Å². The number of carboxylic acids is 1. The molecule has 0 aliphatic heterocycles. The lowest BCUT2D eigenvalue weighted by atomic mass is 10.7. The molecule has 0 unspecified atom stereocenters. The molecule has 1 heterocycles. The van der Waals surface area contributed by atoms with Crippen molar-refractivity contribution >= 4 is 40.3 Å². The molecule has 0 aromatic carbocycles. The molecule has 0 spiro atoms. The van der Waals surface area contributed by atoms with Crippen LogP contribution in [-0.2, 0) is 9.53 Å². The molecule has 92 valence electrons. The number of nitrogens with zero attached hydrogens (tertiary/aromatic N) is 2. The van der Waals surface area contributed by atoms with Crippen LogP contribution in [-0.4, -0.2) is 39.7 Å². The summed E-state index contributed by atoms with van der Waals surface area (Å²) in [6.45, 7) is 3.50. The van der Waals surface area contributed by atoms with E-state index in [1.807, 2.05) is 0 Å². The Morgan fingerprint density at radius 1 is 1.59 bits per heavy atom.